The van der Waals surface area contributed by atoms with Crippen molar-refractivity contribution in [3.63, 3.8) is 0 Å². The molecule has 0 radical (unpaired) electrons. The van der Waals surface area contributed by atoms with Crippen LogP contribution in [0.3, 0.4) is 0 Å². The number of nitrogens with two attached hydrogens (primary N) is 1. The zero-order valence-electron chi connectivity index (χ0n) is 13.9. The molecule has 0 spiro atoms. The topological polar surface area (TPSA) is 94.0 Å². The van der Waals surface area contributed by atoms with Gasteiger partial charge in [-0.1, -0.05) is 12.1 Å². The lowest BCUT2D eigenvalue weighted by atomic mass is 9.97. The second-order valence-corrected chi connectivity index (χ2v) is 5.21. The quantitative estimate of drug-likeness (QED) is 0.788. The van der Waals surface area contributed by atoms with Gasteiger partial charge in [-0.15, -0.1) is 0 Å². The molecule has 2 aromatic heterocycles. The van der Waals surface area contributed by atoms with Crippen molar-refractivity contribution in [1.82, 2.24) is 9.97 Å². The van der Waals surface area contributed by atoms with Gasteiger partial charge in [0.15, 0.2) is 11.5 Å². The van der Waals surface area contributed by atoms with Gasteiger partial charge in [-0.05, 0) is 24.3 Å². The minimum Gasteiger partial charge on any atom is -0.493 e. The predicted molar refractivity (Wildman–Crippen MR) is 95.1 cm³/mol. The van der Waals surface area contributed by atoms with Gasteiger partial charge in [0.05, 0.1) is 19.9 Å². The average Bonchev–Trinajstić information content (AvgIpc) is 2.67. The number of benzene rings is 1. The van der Waals surface area contributed by atoms with E-state index < -0.39 is 0 Å². The van der Waals surface area contributed by atoms with E-state index in [1.807, 2.05) is 30.3 Å². The Bertz CT molecular complexity index is 950. The Morgan fingerprint density at radius 3 is 2.56 bits per heavy atom. The molecular weight excluding hydrogens is 316 g/mol. The van der Waals surface area contributed by atoms with Crippen LogP contribution in [0.2, 0.25) is 0 Å². The molecule has 0 amide bonds. The van der Waals surface area contributed by atoms with Crippen LogP contribution in [0.5, 0.6) is 11.5 Å². The van der Waals surface area contributed by atoms with Gasteiger partial charge in [-0.3, -0.25) is 4.98 Å². The van der Waals surface area contributed by atoms with E-state index in [0.29, 0.717) is 33.9 Å². The first kappa shape index (κ1) is 16.3. The van der Waals surface area contributed by atoms with Crippen LogP contribution in [0.15, 0.2) is 48.8 Å². The summed E-state index contributed by atoms with van der Waals surface area (Å²) < 4.78 is 10.9. The molecule has 2 heterocycles. The fraction of sp³-hybridized carbons (Fsp3) is 0.105. The van der Waals surface area contributed by atoms with E-state index in [2.05, 4.69) is 16.0 Å². The maximum absolute atomic E-state index is 9.56. The van der Waals surface area contributed by atoms with Gasteiger partial charge in [0.25, 0.3) is 0 Å². The van der Waals surface area contributed by atoms with Crippen LogP contribution in [-0.2, 0) is 0 Å². The van der Waals surface area contributed by atoms with E-state index in [-0.39, 0.29) is 5.82 Å². The van der Waals surface area contributed by atoms with Crippen LogP contribution in [0.25, 0.3) is 22.4 Å². The molecule has 0 aliphatic rings. The van der Waals surface area contributed by atoms with Crippen molar-refractivity contribution in [2.45, 2.75) is 0 Å². The number of nitrogen functional groups attached to an aromatic ring is 1. The van der Waals surface area contributed by atoms with Crippen molar-refractivity contribution in [2.24, 2.45) is 0 Å². The highest BCUT2D eigenvalue weighted by molar-refractivity contribution is 5.84. The summed E-state index contributed by atoms with van der Waals surface area (Å²) >= 11 is 0. The van der Waals surface area contributed by atoms with Crippen LogP contribution < -0.4 is 15.2 Å². The molecule has 0 unspecified atom stereocenters. The van der Waals surface area contributed by atoms with Gasteiger partial charge in [0.1, 0.15) is 17.5 Å². The van der Waals surface area contributed by atoms with Crippen molar-refractivity contribution in [2.75, 3.05) is 20.0 Å². The molecule has 0 fully saturated rings. The number of pyridine rings is 2. The Hall–Kier alpha value is -3.59. The van der Waals surface area contributed by atoms with E-state index in [1.165, 1.54) is 0 Å². The van der Waals surface area contributed by atoms with Gasteiger partial charge in [-0.25, -0.2) is 4.98 Å². The van der Waals surface area contributed by atoms with Gasteiger partial charge in [-0.2, -0.15) is 5.26 Å². The summed E-state index contributed by atoms with van der Waals surface area (Å²) in [5.74, 6) is 1.26. The third-order valence-corrected chi connectivity index (χ3v) is 3.81. The van der Waals surface area contributed by atoms with E-state index in [9.17, 15) is 5.26 Å². The number of anilines is 1. The zero-order valence-corrected chi connectivity index (χ0v) is 13.9. The van der Waals surface area contributed by atoms with Crippen molar-refractivity contribution in [3.05, 3.63) is 54.4 Å². The van der Waals surface area contributed by atoms with Crippen LogP contribution in [0, 0.1) is 11.3 Å². The largest absolute Gasteiger partial charge is 0.493 e. The van der Waals surface area contributed by atoms with Crippen LogP contribution in [-0.4, -0.2) is 24.2 Å². The molecule has 0 atom stereocenters. The molecule has 6 nitrogen and oxygen atoms in total. The van der Waals surface area contributed by atoms with Crippen molar-refractivity contribution >= 4 is 5.82 Å². The van der Waals surface area contributed by atoms with Crippen LogP contribution in [0.1, 0.15) is 5.56 Å². The Kier molecular flexibility index (Phi) is 4.48. The molecule has 124 valence electrons. The number of hydrogen-bond acceptors (Lipinski definition) is 6. The Labute approximate surface area is 145 Å². The van der Waals surface area contributed by atoms with E-state index in [1.54, 1.807) is 32.7 Å². The van der Waals surface area contributed by atoms with Gasteiger partial charge >= 0.3 is 0 Å². The lowest BCUT2D eigenvalue weighted by Gasteiger charge is -2.15. The summed E-state index contributed by atoms with van der Waals surface area (Å²) in [6.45, 7) is 0. The molecule has 6 heteroatoms. The summed E-state index contributed by atoms with van der Waals surface area (Å²) in [7, 11) is 3.12. The molecule has 3 rings (SSSR count). The number of hydrogen-bond donors (Lipinski definition) is 1. The third kappa shape index (κ3) is 2.95. The lowest BCUT2D eigenvalue weighted by Crippen LogP contribution is -2.01. The Balaban J connectivity index is 2.30. The van der Waals surface area contributed by atoms with Crippen molar-refractivity contribution < 1.29 is 9.47 Å². The van der Waals surface area contributed by atoms with E-state index >= 15 is 0 Å². The minimum absolute atomic E-state index is 0.156. The molecule has 2 N–H and O–H groups in total. The Morgan fingerprint density at radius 1 is 1.08 bits per heavy atom. The monoisotopic (exact) mass is 332 g/mol. The second-order valence-electron chi connectivity index (χ2n) is 5.21. The molecule has 0 bridgehead atoms. The Morgan fingerprint density at radius 2 is 1.92 bits per heavy atom. The summed E-state index contributed by atoms with van der Waals surface area (Å²) in [6.07, 6.45) is 3.38. The molecule has 3 aromatic rings. The van der Waals surface area contributed by atoms with Gasteiger partial charge < -0.3 is 15.2 Å². The number of nitriles is 1. The molecular formula is C19H16N4O2. The number of ether oxygens (including phenoxy) is 2. The molecule has 0 aliphatic heterocycles. The third-order valence-electron chi connectivity index (χ3n) is 3.81. The number of para-hydroxylation sites is 1. The SMILES string of the molecule is COc1cccc(-c2cc(-c3cccnc3)nc(N)c2C#N)c1OC. The van der Waals surface area contributed by atoms with E-state index in [0.717, 1.165) is 5.56 Å². The minimum atomic E-state index is 0.156. The summed E-state index contributed by atoms with van der Waals surface area (Å²) in [5, 5.41) is 9.56. The van der Waals surface area contributed by atoms with Gasteiger partial charge in [0, 0.05) is 29.1 Å². The lowest BCUT2D eigenvalue weighted by molar-refractivity contribution is 0.356. The highest BCUT2D eigenvalue weighted by Gasteiger charge is 2.18. The zero-order chi connectivity index (χ0) is 17.8. The fourth-order valence-electron chi connectivity index (χ4n) is 2.66. The molecule has 0 saturated carbocycles. The smallest absolute Gasteiger partial charge is 0.168 e. The van der Waals surface area contributed by atoms with E-state index in [4.69, 9.17) is 15.2 Å². The molecule has 1 aromatic carbocycles. The molecule has 0 saturated heterocycles. The normalized spacial score (nSPS) is 10.1. The first-order valence-electron chi connectivity index (χ1n) is 7.52. The summed E-state index contributed by atoms with van der Waals surface area (Å²) in [5.41, 5.74) is 9.11. The second kappa shape index (κ2) is 6.89. The number of nitrogens with zero attached hydrogens (tertiary/aromatic N) is 3. The number of aromatic nitrogens is 2. The molecule has 25 heavy (non-hydrogen) atoms. The maximum atomic E-state index is 9.56. The predicted octanol–water partition coefficient (Wildman–Crippen LogP) is 3.28. The summed E-state index contributed by atoms with van der Waals surface area (Å²) in [4.78, 5) is 8.45. The highest BCUT2D eigenvalue weighted by atomic mass is 16.5. The fourth-order valence-corrected chi connectivity index (χ4v) is 2.66. The maximum Gasteiger partial charge on any atom is 0.168 e. The first-order chi connectivity index (χ1) is 12.2. The summed E-state index contributed by atoms with van der Waals surface area (Å²) in [6, 6.07) is 13.1. The van der Waals surface area contributed by atoms with Crippen molar-refractivity contribution in [1.29, 1.82) is 5.26 Å². The number of rotatable bonds is 4. The number of methoxy groups -OCH3 is 2. The average molecular weight is 332 g/mol. The molecule has 0 aliphatic carbocycles. The van der Waals surface area contributed by atoms with Crippen molar-refractivity contribution in [3.8, 4) is 40.0 Å². The van der Waals surface area contributed by atoms with Crippen LogP contribution >= 0.6 is 0 Å². The highest BCUT2D eigenvalue weighted by Crippen LogP contribution is 2.41. The van der Waals surface area contributed by atoms with Crippen LogP contribution in [0.4, 0.5) is 5.82 Å². The first-order valence-corrected chi connectivity index (χ1v) is 7.52. The standard InChI is InChI=1S/C19H16N4O2/c1-24-17-7-3-6-13(18(17)25-2)14-9-16(12-5-4-8-22-11-12)23-19(21)15(14)10-20/h3-9,11H,1-2H3,(H2,21,23). The van der Waals surface area contributed by atoms with Gasteiger partial charge in [0.2, 0.25) is 0 Å².